The molecule has 0 saturated carbocycles. The fourth-order valence-electron chi connectivity index (χ4n) is 3.92. The van der Waals surface area contributed by atoms with E-state index in [-0.39, 0.29) is 23.4 Å². The lowest BCUT2D eigenvalue weighted by Crippen LogP contribution is -2.42. The number of nitrogens with one attached hydrogen (secondary N) is 1. The molecule has 0 aliphatic carbocycles. The van der Waals surface area contributed by atoms with Gasteiger partial charge in [-0.3, -0.25) is 9.10 Å². The van der Waals surface area contributed by atoms with Gasteiger partial charge in [-0.15, -0.1) is 0 Å². The molecule has 0 aromatic heterocycles. The number of aryl methyl sites for hydroxylation is 3. The van der Waals surface area contributed by atoms with Gasteiger partial charge >= 0.3 is 0 Å². The average molecular weight is 465 g/mol. The van der Waals surface area contributed by atoms with Gasteiger partial charge in [0.1, 0.15) is 6.54 Å². The highest BCUT2D eigenvalue weighted by Gasteiger charge is 2.28. The van der Waals surface area contributed by atoms with Gasteiger partial charge in [-0.2, -0.15) is 0 Å². The molecule has 3 rings (SSSR count). The topological polar surface area (TPSA) is 66.5 Å². The normalized spacial score (nSPS) is 12.2. The Kier molecular flexibility index (Phi) is 7.92. The van der Waals surface area contributed by atoms with E-state index >= 15 is 0 Å². The van der Waals surface area contributed by atoms with E-state index in [9.17, 15) is 13.2 Å². The zero-order valence-electron chi connectivity index (χ0n) is 19.7. The summed E-state index contributed by atoms with van der Waals surface area (Å²) in [5.41, 5.74) is 4.87. The molecule has 1 amide bonds. The molecule has 0 saturated heterocycles. The van der Waals surface area contributed by atoms with Gasteiger partial charge in [0.25, 0.3) is 10.0 Å². The zero-order chi connectivity index (χ0) is 24.0. The van der Waals surface area contributed by atoms with E-state index in [1.54, 1.807) is 42.5 Å². The number of benzene rings is 3. The maximum Gasteiger partial charge on any atom is 0.264 e. The molecule has 3 aromatic carbocycles. The fraction of sp³-hybridized carbons (Fsp3) is 0.296. The van der Waals surface area contributed by atoms with Crippen molar-refractivity contribution < 1.29 is 13.2 Å². The summed E-state index contributed by atoms with van der Waals surface area (Å²) < 4.78 is 28.2. The predicted molar refractivity (Wildman–Crippen MR) is 134 cm³/mol. The van der Waals surface area contributed by atoms with Crippen molar-refractivity contribution in [1.29, 1.82) is 0 Å². The van der Waals surface area contributed by atoms with Crippen LogP contribution in [-0.4, -0.2) is 20.9 Å². The van der Waals surface area contributed by atoms with Gasteiger partial charge in [0.05, 0.1) is 16.6 Å². The Labute approximate surface area is 197 Å². The third-order valence-corrected chi connectivity index (χ3v) is 7.58. The number of anilines is 1. The molecular weight excluding hydrogens is 432 g/mol. The average Bonchev–Trinajstić information content (AvgIpc) is 2.82. The molecule has 0 fully saturated rings. The number of hydrogen-bond donors (Lipinski definition) is 1. The number of nitrogens with zero attached hydrogens (tertiary/aromatic N) is 1. The molecule has 1 unspecified atom stereocenters. The zero-order valence-corrected chi connectivity index (χ0v) is 20.5. The van der Waals surface area contributed by atoms with Gasteiger partial charge in [-0.05, 0) is 67.6 Å². The van der Waals surface area contributed by atoms with Crippen LogP contribution in [0, 0.1) is 13.8 Å². The second-order valence-corrected chi connectivity index (χ2v) is 10.1. The smallest absolute Gasteiger partial charge is 0.264 e. The van der Waals surface area contributed by atoms with Gasteiger partial charge in [0.15, 0.2) is 0 Å². The molecule has 0 aliphatic heterocycles. The number of rotatable bonds is 9. The van der Waals surface area contributed by atoms with Gasteiger partial charge < -0.3 is 5.32 Å². The number of amides is 1. The lowest BCUT2D eigenvalue weighted by molar-refractivity contribution is -0.120. The molecule has 0 bridgehead atoms. The summed E-state index contributed by atoms with van der Waals surface area (Å²) in [6.45, 7) is 7.81. The van der Waals surface area contributed by atoms with E-state index in [0.29, 0.717) is 12.1 Å². The van der Waals surface area contributed by atoms with Gasteiger partial charge in [-0.25, -0.2) is 8.42 Å². The second-order valence-electron chi connectivity index (χ2n) is 8.23. The van der Waals surface area contributed by atoms with Crippen molar-refractivity contribution in [2.75, 3.05) is 10.8 Å². The van der Waals surface area contributed by atoms with Gasteiger partial charge in [0, 0.05) is 0 Å². The standard InChI is InChI=1S/C27H32N2O3S/c1-5-22-13-15-23(16-14-22)29(33(31,32)24-10-8-7-9-11-24)19-27(30)28-26(6-2)25-17-12-20(3)18-21(25)4/h7-18,26H,5-6,19H2,1-4H3,(H,28,30). The molecule has 5 nitrogen and oxygen atoms in total. The lowest BCUT2D eigenvalue weighted by atomic mass is 9.97. The Morgan fingerprint density at radius 1 is 0.939 bits per heavy atom. The molecule has 0 spiro atoms. The Morgan fingerprint density at radius 2 is 1.61 bits per heavy atom. The molecule has 1 N–H and O–H groups in total. The molecule has 6 heteroatoms. The van der Waals surface area contributed by atoms with Crippen molar-refractivity contribution in [3.8, 4) is 0 Å². The molecule has 0 aliphatic rings. The van der Waals surface area contributed by atoms with Gasteiger partial charge in [0.2, 0.25) is 5.91 Å². The summed E-state index contributed by atoms with van der Waals surface area (Å²) in [7, 11) is -3.92. The van der Waals surface area contributed by atoms with Crippen LogP contribution in [0.4, 0.5) is 5.69 Å². The summed E-state index contributed by atoms with van der Waals surface area (Å²) in [4.78, 5) is 13.3. The van der Waals surface area contributed by atoms with Crippen molar-refractivity contribution >= 4 is 21.6 Å². The van der Waals surface area contributed by atoms with Crippen molar-refractivity contribution in [1.82, 2.24) is 5.32 Å². The fourth-order valence-corrected chi connectivity index (χ4v) is 5.36. The van der Waals surface area contributed by atoms with E-state index < -0.39 is 10.0 Å². The SMILES string of the molecule is CCc1ccc(N(CC(=O)NC(CC)c2ccc(C)cc2C)S(=O)(=O)c2ccccc2)cc1. The summed E-state index contributed by atoms with van der Waals surface area (Å²) in [6.07, 6.45) is 1.55. The first-order valence-corrected chi connectivity index (χ1v) is 12.7. The second kappa shape index (κ2) is 10.7. The van der Waals surface area contributed by atoms with Crippen LogP contribution in [0.15, 0.2) is 77.7 Å². The largest absolute Gasteiger partial charge is 0.348 e. The molecular formula is C27H32N2O3S. The maximum atomic E-state index is 13.5. The van der Waals surface area contributed by atoms with E-state index in [4.69, 9.17) is 0 Å². The van der Waals surface area contributed by atoms with Crippen LogP contribution in [0.2, 0.25) is 0 Å². The molecule has 3 aromatic rings. The van der Waals surface area contributed by atoms with Crippen LogP contribution in [0.3, 0.4) is 0 Å². The van der Waals surface area contributed by atoms with Crippen molar-refractivity contribution in [2.45, 2.75) is 51.5 Å². The van der Waals surface area contributed by atoms with Crippen LogP contribution in [0.5, 0.6) is 0 Å². The highest BCUT2D eigenvalue weighted by molar-refractivity contribution is 7.92. The predicted octanol–water partition coefficient (Wildman–Crippen LogP) is 5.33. The summed E-state index contributed by atoms with van der Waals surface area (Å²) >= 11 is 0. The monoisotopic (exact) mass is 464 g/mol. The number of carbonyl (C=O) groups is 1. The first-order valence-electron chi connectivity index (χ1n) is 11.3. The number of hydrogen-bond acceptors (Lipinski definition) is 3. The Bertz CT molecular complexity index is 1190. The molecule has 174 valence electrons. The minimum absolute atomic E-state index is 0.152. The Hall–Kier alpha value is -3.12. The van der Waals surface area contributed by atoms with Crippen molar-refractivity contribution in [3.63, 3.8) is 0 Å². The number of sulfonamides is 1. The molecule has 1 atom stereocenters. The summed E-state index contributed by atoms with van der Waals surface area (Å²) in [6, 6.07) is 21.5. The first-order chi connectivity index (χ1) is 15.8. The van der Waals surface area contributed by atoms with E-state index in [2.05, 4.69) is 11.4 Å². The minimum Gasteiger partial charge on any atom is -0.348 e. The third kappa shape index (κ3) is 5.82. The summed E-state index contributed by atoms with van der Waals surface area (Å²) in [5, 5.41) is 3.04. The number of carbonyl (C=O) groups excluding carboxylic acids is 1. The first kappa shape index (κ1) is 24.5. The molecule has 0 heterocycles. The maximum absolute atomic E-state index is 13.5. The summed E-state index contributed by atoms with van der Waals surface area (Å²) in [5.74, 6) is -0.346. The highest BCUT2D eigenvalue weighted by Crippen LogP contribution is 2.25. The van der Waals surface area contributed by atoms with Crippen LogP contribution in [0.25, 0.3) is 0 Å². The van der Waals surface area contributed by atoms with Crippen LogP contribution >= 0.6 is 0 Å². The quantitative estimate of drug-likeness (QED) is 0.465. The van der Waals surface area contributed by atoms with Crippen LogP contribution in [0.1, 0.15) is 48.6 Å². The lowest BCUT2D eigenvalue weighted by Gasteiger charge is -2.26. The van der Waals surface area contributed by atoms with E-state index in [1.807, 2.05) is 52.0 Å². The van der Waals surface area contributed by atoms with Crippen molar-refractivity contribution in [2.24, 2.45) is 0 Å². The van der Waals surface area contributed by atoms with Crippen molar-refractivity contribution in [3.05, 3.63) is 95.1 Å². The van der Waals surface area contributed by atoms with E-state index in [1.165, 1.54) is 4.31 Å². The van der Waals surface area contributed by atoms with Gasteiger partial charge in [-0.1, -0.05) is 67.9 Å². The molecule has 0 radical (unpaired) electrons. The van der Waals surface area contributed by atoms with Crippen LogP contribution < -0.4 is 9.62 Å². The molecule has 33 heavy (non-hydrogen) atoms. The minimum atomic E-state index is -3.92. The Morgan fingerprint density at radius 3 is 2.18 bits per heavy atom. The Balaban J connectivity index is 1.91. The highest BCUT2D eigenvalue weighted by atomic mass is 32.2. The van der Waals surface area contributed by atoms with Crippen LogP contribution in [-0.2, 0) is 21.2 Å². The van der Waals surface area contributed by atoms with E-state index in [0.717, 1.165) is 28.7 Å². The third-order valence-electron chi connectivity index (χ3n) is 5.80.